The number of rotatable bonds is 60. The molecule has 0 aromatic heterocycles. The van der Waals surface area contributed by atoms with Crippen molar-refractivity contribution < 1.29 is 112 Å². The number of amides is 16. The van der Waals surface area contributed by atoms with Crippen LogP contribution in [0.2, 0.25) is 0 Å². The molecule has 1 aromatic carbocycles. The van der Waals surface area contributed by atoms with E-state index in [2.05, 4.69) is 89.7 Å². The van der Waals surface area contributed by atoms with Crippen molar-refractivity contribution in [1.82, 2.24) is 79.8 Å². The Morgan fingerprint density at radius 3 is 1.07 bits per heavy atom. The van der Waals surface area contributed by atoms with Crippen LogP contribution in [0, 0.1) is 0 Å². The molecule has 0 fully saturated rings. The predicted octanol–water partition coefficient (Wildman–Crippen LogP) is -13.2. The molecule has 0 spiro atoms. The predicted molar refractivity (Wildman–Crippen MR) is 435 cm³/mol. The number of aliphatic hydroxyl groups excluding tert-OH is 4. The van der Waals surface area contributed by atoms with E-state index in [9.17, 15) is 112 Å². The molecule has 0 saturated heterocycles. The Hall–Kier alpha value is -11.8. The summed E-state index contributed by atoms with van der Waals surface area (Å²) in [5.41, 5.74) is 50.5. The van der Waals surface area contributed by atoms with Gasteiger partial charge in [0, 0.05) is 25.9 Å². The number of aliphatic carboxylic acids is 1. The number of primary amides is 1. The molecule has 1 rings (SSSR count). The summed E-state index contributed by atoms with van der Waals surface area (Å²) in [5, 5.41) is 97.3. The van der Waals surface area contributed by atoms with Crippen molar-refractivity contribution in [1.29, 1.82) is 0 Å². The van der Waals surface area contributed by atoms with E-state index in [-0.39, 0.29) is 121 Å². The van der Waals surface area contributed by atoms with E-state index in [4.69, 9.17) is 51.6 Å². The smallest absolute Gasteiger partial charge is 0.326 e. The van der Waals surface area contributed by atoms with Crippen molar-refractivity contribution >= 4 is 112 Å². The maximum Gasteiger partial charge on any atom is 0.326 e. The first kappa shape index (κ1) is 107. The number of benzene rings is 1. The third-order valence-electron chi connectivity index (χ3n) is 18.0. The van der Waals surface area contributed by atoms with E-state index in [0.29, 0.717) is 24.8 Å². The number of aromatic hydroxyl groups is 1. The van der Waals surface area contributed by atoms with Crippen LogP contribution in [0.25, 0.3) is 0 Å². The van der Waals surface area contributed by atoms with Gasteiger partial charge < -0.3 is 162 Å². The number of carbonyl (C=O) groups is 17. The van der Waals surface area contributed by atoms with Crippen LogP contribution in [0.1, 0.15) is 143 Å². The van der Waals surface area contributed by atoms with Gasteiger partial charge in [0.25, 0.3) is 0 Å². The number of aliphatic hydroxyl groups is 4. The van der Waals surface area contributed by atoms with Gasteiger partial charge in [0.05, 0.1) is 44.1 Å². The number of aliphatic imine (C=N–C) groups is 2. The van der Waals surface area contributed by atoms with Gasteiger partial charge in [-0.2, -0.15) is 0 Å². The van der Waals surface area contributed by atoms with E-state index >= 15 is 0 Å². The van der Waals surface area contributed by atoms with Crippen LogP contribution in [0.3, 0.4) is 0 Å². The highest BCUT2D eigenvalue weighted by molar-refractivity contribution is 6.00. The molecule has 39 N–H and O–H groups in total. The number of unbranched alkanes of at least 4 members (excludes halogenated alkanes) is 3. The van der Waals surface area contributed by atoms with Gasteiger partial charge in [-0.1, -0.05) is 12.1 Å². The fourth-order valence-electron chi connectivity index (χ4n) is 11.1. The van der Waals surface area contributed by atoms with Crippen LogP contribution in [-0.4, -0.2) is 298 Å². The monoisotopic (exact) mass is 1720 g/mol. The highest BCUT2D eigenvalue weighted by atomic mass is 16.4. The van der Waals surface area contributed by atoms with Crippen LogP contribution in [0.15, 0.2) is 34.3 Å². The molecule has 121 heavy (non-hydrogen) atoms. The van der Waals surface area contributed by atoms with Gasteiger partial charge in [-0.25, -0.2) is 4.79 Å². The van der Waals surface area contributed by atoms with Gasteiger partial charge in [-0.15, -0.1) is 0 Å². The first-order valence-corrected chi connectivity index (χ1v) is 39.3. The number of carboxylic acids is 1. The molecule has 0 aliphatic carbocycles. The number of phenolic OH excluding ortho intramolecular Hbond substituents is 1. The fraction of sp³-hybridized carbons (Fsp3) is 0.653. The highest BCUT2D eigenvalue weighted by Crippen LogP contribution is 2.14. The number of nitrogens with two attached hydrogens (primary N) is 9. The number of carbonyl (C=O) groups excluding carboxylic acids is 16. The number of hydrogen-bond donors (Lipinski definition) is 30. The Bertz CT molecular complexity index is 3640. The quantitative estimate of drug-likeness (QED) is 0.0164. The number of hydrogen-bond acceptors (Lipinski definition) is 28. The van der Waals surface area contributed by atoms with Crippen molar-refractivity contribution in [2.45, 2.75) is 247 Å². The number of nitrogens with zero attached hydrogens (tertiary/aromatic N) is 2. The zero-order chi connectivity index (χ0) is 91.8. The SMILES string of the molecule is C[C@H](N)C(=O)N[C@@H](CCCN=C(N)N)C(=O)N[C@H](C(=O)N[C@@H](CCCCN)C(=O)N[C@@H](CCC(N)=O)C(=O)N[C@H](C(=O)N[C@@H](C)C(=O)N[C@@H](CCCN=C(N)N)C(=O)N[C@@H](CCCCN)C(=O)N[C@@H](CO)C(=O)N[C@H](C(=O)NCC(=O)NCC(=O)N[C@@H](CCCCN)C(=O)N[C@@H](C)C(=O)N[C@@H](Cc1ccc(O)cc1)C(=O)O)[C@@H](C)O)[C@@H](C)O)[C@@H](C)O. The highest BCUT2D eigenvalue weighted by Gasteiger charge is 2.39. The van der Waals surface area contributed by atoms with Gasteiger partial charge in [-0.3, -0.25) is 86.7 Å². The molecule has 49 heteroatoms. The van der Waals surface area contributed by atoms with Crippen molar-refractivity contribution in [3.05, 3.63) is 29.8 Å². The summed E-state index contributed by atoms with van der Waals surface area (Å²) in [6.45, 7) is 4.55. The number of phenols is 1. The van der Waals surface area contributed by atoms with E-state index in [1.165, 1.54) is 38.1 Å². The minimum Gasteiger partial charge on any atom is -0.508 e. The standard InChI is InChI=1S/C72H126N26O23/c1-35(76)57(107)89-47(19-14-30-83-72(80)81)64(114)98-56(40(6)102)69(119)93-45(17-9-12-28-75)61(111)92-48(24-25-51(77)104)65(115)97-55(39(5)101)68(118)87-37(3)58(108)90-46(18-13-29-82-71(78)79)62(112)91-44(16-8-11-27-74)63(113)95-50(34-99)66(116)96-54(38(4)100)67(117)85-32-52(105)84-33-53(106)88-43(15-7-10-26-73)60(110)86-36(2)59(109)94-49(70(120)121)31-41-20-22-42(103)23-21-41/h20-23,35-40,43-50,54-56,99-103H,7-19,24-34,73-76H2,1-6H3,(H2,77,104)(H,84,105)(H,85,117)(H,86,110)(H,87,118)(H,88,106)(H,89,107)(H,90,108)(H,91,112)(H,92,111)(H,93,119)(H,94,109)(H,95,113)(H,96,116)(H,97,115)(H,98,114)(H,120,121)(H4,78,79,82)(H4,80,81,83)/t35-,36-,37-,38+,39+,40+,43-,44-,45-,46-,47-,48-,49-,50-,54-,55-,56-/m0/s1. The largest absolute Gasteiger partial charge is 0.508 e. The van der Waals surface area contributed by atoms with Gasteiger partial charge in [0.1, 0.15) is 84.3 Å². The molecule has 0 saturated carbocycles. The topological polar surface area (TPSA) is 851 Å². The molecule has 17 atom stereocenters. The Morgan fingerprint density at radius 2 is 0.686 bits per heavy atom. The van der Waals surface area contributed by atoms with Crippen LogP contribution < -0.4 is 131 Å². The summed E-state index contributed by atoms with van der Waals surface area (Å²) in [6.07, 6.45) is -5.46. The molecule has 1 aromatic rings. The average molecular weight is 1720 g/mol. The van der Waals surface area contributed by atoms with Gasteiger partial charge in [0.2, 0.25) is 94.5 Å². The fourth-order valence-corrected chi connectivity index (χ4v) is 11.1. The minimum atomic E-state index is -1.96. The normalized spacial score (nSPS) is 15.2. The summed E-state index contributed by atoms with van der Waals surface area (Å²) in [7, 11) is 0. The molecule has 682 valence electrons. The third-order valence-corrected chi connectivity index (χ3v) is 18.0. The van der Waals surface area contributed by atoms with Gasteiger partial charge in [0.15, 0.2) is 11.9 Å². The molecule has 0 bridgehead atoms. The molecule has 0 heterocycles. The Labute approximate surface area is 698 Å². The maximum absolute atomic E-state index is 14.3. The number of nitrogens with one attached hydrogen (secondary N) is 15. The summed E-state index contributed by atoms with van der Waals surface area (Å²) in [5.74, 6) is -18.8. The Balaban J connectivity index is 3.37. The molecule has 0 aliphatic rings. The van der Waals surface area contributed by atoms with E-state index in [0.717, 1.165) is 27.7 Å². The molecule has 0 unspecified atom stereocenters. The lowest BCUT2D eigenvalue weighted by Crippen LogP contribution is -2.62. The van der Waals surface area contributed by atoms with E-state index in [1.54, 1.807) is 0 Å². The molecular weight excluding hydrogens is 1600 g/mol. The van der Waals surface area contributed by atoms with Crippen LogP contribution in [-0.2, 0) is 87.9 Å². The lowest BCUT2D eigenvalue weighted by molar-refractivity contribution is -0.142. The molecule has 0 aliphatic heterocycles. The molecular formula is C72H126N26O23. The number of carboxylic acid groups (broad SMARTS) is 1. The first-order chi connectivity index (χ1) is 56.9. The van der Waals surface area contributed by atoms with Crippen molar-refractivity contribution in [3.8, 4) is 5.75 Å². The summed E-state index contributed by atoms with van der Waals surface area (Å²) >= 11 is 0. The molecule has 16 amide bonds. The average Bonchev–Trinajstić information content (AvgIpc) is 0.857. The Kier molecular flexibility index (Phi) is 50.9. The van der Waals surface area contributed by atoms with Gasteiger partial charge in [-0.05, 0) is 169 Å². The minimum absolute atomic E-state index is 0.00233. The van der Waals surface area contributed by atoms with Crippen LogP contribution in [0.4, 0.5) is 0 Å². The van der Waals surface area contributed by atoms with Crippen LogP contribution >= 0.6 is 0 Å². The zero-order valence-corrected chi connectivity index (χ0v) is 68.8. The van der Waals surface area contributed by atoms with Crippen molar-refractivity contribution in [2.75, 3.05) is 52.4 Å². The van der Waals surface area contributed by atoms with Crippen LogP contribution in [0.5, 0.6) is 5.75 Å². The first-order valence-electron chi connectivity index (χ1n) is 39.3. The summed E-state index contributed by atoms with van der Waals surface area (Å²) < 4.78 is 0. The second-order valence-corrected chi connectivity index (χ2v) is 28.6. The second kappa shape index (κ2) is 57.4. The zero-order valence-electron chi connectivity index (χ0n) is 68.8. The van der Waals surface area contributed by atoms with Crippen molar-refractivity contribution in [3.63, 3.8) is 0 Å². The van der Waals surface area contributed by atoms with Crippen molar-refractivity contribution in [2.24, 2.45) is 61.6 Å². The lowest BCUT2D eigenvalue weighted by Gasteiger charge is -2.29. The maximum atomic E-state index is 14.3. The third kappa shape index (κ3) is 43.2. The molecule has 0 radical (unpaired) electrons. The van der Waals surface area contributed by atoms with E-state index < -0.39 is 236 Å². The summed E-state index contributed by atoms with van der Waals surface area (Å²) in [4.78, 5) is 237. The number of guanidine groups is 2. The Morgan fingerprint density at radius 1 is 0.364 bits per heavy atom. The summed E-state index contributed by atoms with van der Waals surface area (Å²) in [6, 6.07) is -16.6. The van der Waals surface area contributed by atoms with Gasteiger partial charge >= 0.3 is 5.97 Å². The molecule has 49 nitrogen and oxygen atoms in total. The lowest BCUT2D eigenvalue weighted by atomic mass is 10.0. The second-order valence-electron chi connectivity index (χ2n) is 28.6. The van der Waals surface area contributed by atoms with E-state index in [1.807, 2.05) is 0 Å².